The molecule has 4 heteroatoms. The monoisotopic (exact) mass is 256 g/mol. The summed E-state index contributed by atoms with van der Waals surface area (Å²) in [5.41, 5.74) is 2.21. The molecule has 19 heavy (non-hydrogen) atoms. The molecule has 98 valence electrons. The summed E-state index contributed by atoms with van der Waals surface area (Å²) < 4.78 is 0. The molecule has 2 aliphatic rings. The molecule has 0 bridgehead atoms. The molecule has 0 amide bonds. The normalized spacial score (nSPS) is 21.3. The largest absolute Gasteiger partial charge is 0.481 e. The standard InChI is InChI=1S/C15H16N2O2/c18-14(19)15(6-7-15)10-4-5-11-12(8-10)17-13(16-11)9-2-1-3-9/h4-5,8-9H,1-3,6-7H2,(H,16,17)(H,18,19). The van der Waals surface area contributed by atoms with Gasteiger partial charge in [-0.1, -0.05) is 12.5 Å². The van der Waals surface area contributed by atoms with E-state index in [0.717, 1.165) is 35.3 Å². The van der Waals surface area contributed by atoms with E-state index in [4.69, 9.17) is 0 Å². The molecular weight excluding hydrogens is 240 g/mol. The second kappa shape index (κ2) is 3.59. The summed E-state index contributed by atoms with van der Waals surface area (Å²) in [7, 11) is 0. The number of nitrogens with zero attached hydrogens (tertiary/aromatic N) is 1. The van der Waals surface area contributed by atoms with E-state index >= 15 is 0 Å². The first kappa shape index (κ1) is 11.0. The van der Waals surface area contributed by atoms with Crippen LogP contribution in [0.5, 0.6) is 0 Å². The van der Waals surface area contributed by atoms with Gasteiger partial charge in [0.25, 0.3) is 0 Å². The van der Waals surface area contributed by atoms with Crippen molar-refractivity contribution in [2.75, 3.05) is 0 Å². The molecule has 0 unspecified atom stereocenters. The Kier molecular flexibility index (Phi) is 2.08. The maximum Gasteiger partial charge on any atom is 0.314 e. The minimum absolute atomic E-state index is 0.574. The third-order valence-corrected chi connectivity index (χ3v) is 4.70. The molecule has 2 fully saturated rings. The Labute approximate surface area is 110 Å². The molecule has 2 N–H and O–H groups in total. The number of nitrogens with one attached hydrogen (secondary N) is 1. The maximum absolute atomic E-state index is 11.4. The van der Waals surface area contributed by atoms with Crippen molar-refractivity contribution in [3.63, 3.8) is 0 Å². The van der Waals surface area contributed by atoms with Gasteiger partial charge in [0.15, 0.2) is 0 Å². The van der Waals surface area contributed by atoms with Crippen LogP contribution in [-0.2, 0) is 10.2 Å². The van der Waals surface area contributed by atoms with Crippen LogP contribution in [0.2, 0.25) is 0 Å². The molecule has 4 nitrogen and oxygen atoms in total. The minimum Gasteiger partial charge on any atom is -0.481 e. The Morgan fingerprint density at radius 3 is 2.74 bits per heavy atom. The number of benzene rings is 1. The number of carbonyl (C=O) groups is 1. The Bertz CT molecular complexity index is 666. The molecule has 0 aliphatic heterocycles. The summed E-state index contributed by atoms with van der Waals surface area (Å²) in [6.07, 6.45) is 5.21. The van der Waals surface area contributed by atoms with Gasteiger partial charge >= 0.3 is 5.97 Å². The molecule has 1 heterocycles. The van der Waals surface area contributed by atoms with E-state index in [9.17, 15) is 9.90 Å². The molecular formula is C15H16N2O2. The number of hydrogen-bond donors (Lipinski definition) is 2. The number of H-pyrrole nitrogens is 1. The van der Waals surface area contributed by atoms with E-state index in [1.165, 1.54) is 19.3 Å². The quantitative estimate of drug-likeness (QED) is 0.887. The third kappa shape index (κ3) is 1.52. The number of carboxylic acids is 1. The number of carboxylic acid groups (broad SMARTS) is 1. The molecule has 0 saturated heterocycles. The van der Waals surface area contributed by atoms with Crippen LogP contribution >= 0.6 is 0 Å². The number of fused-ring (bicyclic) bond motifs is 1. The van der Waals surface area contributed by atoms with E-state index in [-0.39, 0.29) is 0 Å². The van der Waals surface area contributed by atoms with Gasteiger partial charge in [-0.25, -0.2) is 4.98 Å². The van der Waals surface area contributed by atoms with Crippen LogP contribution in [0.25, 0.3) is 11.0 Å². The van der Waals surface area contributed by atoms with E-state index in [2.05, 4.69) is 9.97 Å². The lowest BCUT2D eigenvalue weighted by atomic mass is 9.85. The summed E-state index contributed by atoms with van der Waals surface area (Å²) in [6, 6.07) is 5.85. The Balaban J connectivity index is 1.76. The number of aromatic amines is 1. The van der Waals surface area contributed by atoms with Crippen LogP contribution in [0.1, 0.15) is 49.4 Å². The van der Waals surface area contributed by atoms with Crippen molar-refractivity contribution in [2.24, 2.45) is 0 Å². The van der Waals surface area contributed by atoms with Crippen molar-refractivity contribution in [1.29, 1.82) is 0 Å². The first-order valence-electron chi connectivity index (χ1n) is 6.93. The van der Waals surface area contributed by atoms with Crippen molar-refractivity contribution in [2.45, 2.75) is 43.4 Å². The van der Waals surface area contributed by atoms with Crippen LogP contribution in [-0.4, -0.2) is 21.0 Å². The number of hydrogen-bond acceptors (Lipinski definition) is 2. The zero-order chi connectivity index (χ0) is 13.0. The van der Waals surface area contributed by atoms with Crippen molar-refractivity contribution in [3.05, 3.63) is 29.6 Å². The van der Waals surface area contributed by atoms with E-state index in [1.807, 2.05) is 18.2 Å². The lowest BCUT2D eigenvalue weighted by molar-refractivity contribution is -0.140. The van der Waals surface area contributed by atoms with Crippen molar-refractivity contribution in [1.82, 2.24) is 9.97 Å². The number of imidazole rings is 1. The molecule has 2 aliphatic carbocycles. The molecule has 0 atom stereocenters. The van der Waals surface area contributed by atoms with Crippen LogP contribution < -0.4 is 0 Å². The van der Waals surface area contributed by atoms with Gasteiger partial charge in [0, 0.05) is 5.92 Å². The maximum atomic E-state index is 11.4. The van der Waals surface area contributed by atoms with Crippen LogP contribution in [0.15, 0.2) is 18.2 Å². The number of rotatable bonds is 3. The number of aliphatic carboxylic acids is 1. The van der Waals surface area contributed by atoms with Crippen molar-refractivity contribution >= 4 is 17.0 Å². The van der Waals surface area contributed by atoms with Gasteiger partial charge in [-0.15, -0.1) is 0 Å². The van der Waals surface area contributed by atoms with Crippen LogP contribution in [0.3, 0.4) is 0 Å². The van der Waals surface area contributed by atoms with Crippen LogP contribution in [0, 0.1) is 0 Å². The first-order valence-corrected chi connectivity index (χ1v) is 6.93. The first-order chi connectivity index (χ1) is 9.19. The fourth-order valence-electron chi connectivity index (χ4n) is 2.95. The topological polar surface area (TPSA) is 66.0 Å². The molecule has 4 rings (SSSR count). The minimum atomic E-state index is -0.703. The van der Waals surface area contributed by atoms with Gasteiger partial charge in [0.2, 0.25) is 0 Å². The second-order valence-electron chi connectivity index (χ2n) is 5.87. The summed E-state index contributed by atoms with van der Waals surface area (Å²) in [5.74, 6) is 0.939. The Morgan fingerprint density at radius 1 is 1.37 bits per heavy atom. The van der Waals surface area contributed by atoms with Gasteiger partial charge in [0.1, 0.15) is 5.82 Å². The Morgan fingerprint density at radius 2 is 2.16 bits per heavy atom. The predicted octanol–water partition coefficient (Wildman–Crippen LogP) is 2.95. The van der Waals surface area contributed by atoms with Gasteiger partial charge < -0.3 is 10.1 Å². The lowest BCUT2D eigenvalue weighted by Crippen LogP contribution is -2.19. The van der Waals surface area contributed by atoms with Crippen molar-refractivity contribution < 1.29 is 9.90 Å². The summed E-state index contributed by atoms with van der Waals surface area (Å²) in [6.45, 7) is 0. The summed E-state index contributed by atoms with van der Waals surface area (Å²) >= 11 is 0. The Hall–Kier alpha value is -1.84. The molecule has 0 radical (unpaired) electrons. The molecule has 2 aromatic rings. The molecule has 2 saturated carbocycles. The fourth-order valence-corrected chi connectivity index (χ4v) is 2.95. The van der Waals surface area contributed by atoms with Gasteiger partial charge in [-0.3, -0.25) is 4.79 Å². The highest BCUT2D eigenvalue weighted by Gasteiger charge is 2.51. The number of aromatic nitrogens is 2. The van der Waals surface area contributed by atoms with E-state index < -0.39 is 11.4 Å². The highest BCUT2D eigenvalue weighted by atomic mass is 16.4. The molecule has 1 aromatic carbocycles. The fraction of sp³-hybridized carbons (Fsp3) is 0.467. The van der Waals surface area contributed by atoms with Gasteiger partial charge in [0.05, 0.1) is 16.4 Å². The predicted molar refractivity (Wildman–Crippen MR) is 71.2 cm³/mol. The second-order valence-corrected chi connectivity index (χ2v) is 5.87. The molecule has 0 spiro atoms. The zero-order valence-electron chi connectivity index (χ0n) is 10.6. The van der Waals surface area contributed by atoms with Gasteiger partial charge in [-0.2, -0.15) is 0 Å². The summed E-state index contributed by atoms with van der Waals surface area (Å²) in [4.78, 5) is 19.4. The SMILES string of the molecule is O=C(O)C1(c2ccc3nc(C4CCC4)[nH]c3c2)CC1. The highest BCUT2D eigenvalue weighted by Crippen LogP contribution is 2.49. The van der Waals surface area contributed by atoms with E-state index in [1.54, 1.807) is 0 Å². The average molecular weight is 256 g/mol. The average Bonchev–Trinajstić information content (AvgIpc) is 3.02. The molecule has 1 aromatic heterocycles. The third-order valence-electron chi connectivity index (χ3n) is 4.70. The highest BCUT2D eigenvalue weighted by molar-refractivity contribution is 5.87. The smallest absolute Gasteiger partial charge is 0.314 e. The van der Waals surface area contributed by atoms with E-state index in [0.29, 0.717) is 5.92 Å². The summed E-state index contributed by atoms with van der Waals surface area (Å²) in [5, 5.41) is 9.34. The zero-order valence-corrected chi connectivity index (χ0v) is 10.6. The van der Waals surface area contributed by atoms with Crippen LogP contribution in [0.4, 0.5) is 0 Å². The lowest BCUT2D eigenvalue weighted by Gasteiger charge is -2.22. The van der Waals surface area contributed by atoms with Crippen molar-refractivity contribution in [3.8, 4) is 0 Å². The van der Waals surface area contributed by atoms with Gasteiger partial charge in [-0.05, 0) is 43.4 Å².